The molecular formula is C16H29N5OS. The maximum absolute atomic E-state index is 11.8. The van der Waals surface area contributed by atoms with Gasteiger partial charge in [0.1, 0.15) is 0 Å². The minimum absolute atomic E-state index is 0.0663. The molecule has 1 amide bonds. The summed E-state index contributed by atoms with van der Waals surface area (Å²) in [4.78, 5) is 21.9. The second kappa shape index (κ2) is 10.2. The first kappa shape index (κ1) is 19.4. The third kappa shape index (κ3) is 7.45. The van der Waals surface area contributed by atoms with Crippen LogP contribution in [0.5, 0.6) is 0 Å². The van der Waals surface area contributed by atoms with Crippen molar-refractivity contribution in [3.05, 3.63) is 15.6 Å². The van der Waals surface area contributed by atoms with E-state index in [9.17, 15) is 4.79 Å². The van der Waals surface area contributed by atoms with Crippen molar-refractivity contribution >= 4 is 23.2 Å². The Morgan fingerprint density at radius 1 is 1.30 bits per heavy atom. The van der Waals surface area contributed by atoms with Gasteiger partial charge in [-0.1, -0.05) is 6.92 Å². The normalized spacial score (nSPS) is 12.8. The van der Waals surface area contributed by atoms with E-state index in [0.717, 1.165) is 29.6 Å². The minimum Gasteiger partial charge on any atom is -0.357 e. The quantitative estimate of drug-likeness (QED) is 0.501. The Bertz CT molecular complexity index is 527. The fourth-order valence-corrected chi connectivity index (χ4v) is 2.82. The van der Waals surface area contributed by atoms with E-state index in [0.29, 0.717) is 19.5 Å². The van der Waals surface area contributed by atoms with Crippen LogP contribution in [-0.4, -0.2) is 36.0 Å². The summed E-state index contributed by atoms with van der Waals surface area (Å²) in [5.41, 5.74) is 1.04. The molecule has 0 aliphatic rings. The van der Waals surface area contributed by atoms with Gasteiger partial charge in [-0.2, -0.15) is 0 Å². The summed E-state index contributed by atoms with van der Waals surface area (Å²) < 4.78 is 0. The van der Waals surface area contributed by atoms with Gasteiger partial charge in [0.15, 0.2) is 5.96 Å². The van der Waals surface area contributed by atoms with E-state index in [-0.39, 0.29) is 11.9 Å². The molecule has 1 aromatic heterocycles. The average molecular weight is 340 g/mol. The molecule has 0 saturated heterocycles. The first-order valence-corrected chi connectivity index (χ1v) is 9.02. The second-order valence-corrected chi connectivity index (χ2v) is 6.78. The molecule has 0 aliphatic carbocycles. The van der Waals surface area contributed by atoms with Crippen molar-refractivity contribution in [3.8, 4) is 0 Å². The van der Waals surface area contributed by atoms with Crippen LogP contribution in [0.1, 0.15) is 49.2 Å². The zero-order valence-corrected chi connectivity index (χ0v) is 15.6. The summed E-state index contributed by atoms with van der Waals surface area (Å²) in [7, 11) is 0. The van der Waals surface area contributed by atoms with E-state index in [1.807, 2.05) is 27.7 Å². The number of nitrogens with zero attached hydrogens (tertiary/aromatic N) is 2. The zero-order chi connectivity index (χ0) is 17.2. The van der Waals surface area contributed by atoms with E-state index >= 15 is 0 Å². The summed E-state index contributed by atoms with van der Waals surface area (Å²) in [5, 5.41) is 10.4. The van der Waals surface area contributed by atoms with Gasteiger partial charge in [0.05, 0.1) is 17.2 Å². The number of aliphatic imine (C=N–C) groups is 1. The standard InChI is InChI=1S/C16H29N5OS/c1-6-11(3)20-15(22)8-9-18-16(17-7-2)19-10-14-12(4)21-13(5)23-14/h11H,6-10H2,1-5H3,(H,20,22)(H2,17,18,19). The number of carbonyl (C=O) groups excluding carboxylic acids is 1. The van der Waals surface area contributed by atoms with Crippen LogP contribution in [0.4, 0.5) is 0 Å². The highest BCUT2D eigenvalue weighted by Gasteiger charge is 2.07. The lowest BCUT2D eigenvalue weighted by Crippen LogP contribution is -2.40. The number of carbonyl (C=O) groups is 1. The van der Waals surface area contributed by atoms with Gasteiger partial charge in [0.25, 0.3) is 0 Å². The first-order valence-electron chi connectivity index (χ1n) is 8.20. The van der Waals surface area contributed by atoms with Gasteiger partial charge in [-0.3, -0.25) is 4.79 Å². The molecule has 0 saturated carbocycles. The molecule has 1 unspecified atom stereocenters. The molecule has 1 rings (SSSR count). The third-order valence-electron chi connectivity index (χ3n) is 3.39. The predicted octanol–water partition coefficient (Wildman–Crippen LogP) is 2.12. The fraction of sp³-hybridized carbons (Fsp3) is 0.688. The van der Waals surface area contributed by atoms with Crippen LogP contribution in [0.25, 0.3) is 0 Å². The first-order chi connectivity index (χ1) is 11.0. The van der Waals surface area contributed by atoms with Gasteiger partial charge in [-0.05, 0) is 34.1 Å². The van der Waals surface area contributed by atoms with Crippen LogP contribution in [-0.2, 0) is 11.3 Å². The lowest BCUT2D eigenvalue weighted by atomic mass is 10.2. The van der Waals surface area contributed by atoms with E-state index in [1.54, 1.807) is 11.3 Å². The largest absolute Gasteiger partial charge is 0.357 e. The Morgan fingerprint density at radius 3 is 2.61 bits per heavy atom. The molecule has 1 aromatic rings. The number of thiazole rings is 1. The highest BCUT2D eigenvalue weighted by atomic mass is 32.1. The molecule has 0 bridgehead atoms. The van der Waals surface area contributed by atoms with Crippen LogP contribution >= 0.6 is 11.3 Å². The number of amides is 1. The summed E-state index contributed by atoms with van der Waals surface area (Å²) in [6.07, 6.45) is 1.38. The van der Waals surface area contributed by atoms with Crippen LogP contribution < -0.4 is 16.0 Å². The van der Waals surface area contributed by atoms with E-state index in [1.165, 1.54) is 4.88 Å². The smallest absolute Gasteiger partial charge is 0.221 e. The van der Waals surface area contributed by atoms with Crippen LogP contribution in [0, 0.1) is 13.8 Å². The number of hydrogen-bond donors (Lipinski definition) is 3. The van der Waals surface area contributed by atoms with Crippen molar-refractivity contribution in [2.45, 2.75) is 60.0 Å². The molecule has 0 aliphatic heterocycles. The molecule has 130 valence electrons. The lowest BCUT2D eigenvalue weighted by Gasteiger charge is -2.13. The molecule has 3 N–H and O–H groups in total. The van der Waals surface area contributed by atoms with Crippen molar-refractivity contribution < 1.29 is 4.79 Å². The Labute approximate surface area is 143 Å². The topological polar surface area (TPSA) is 78.4 Å². The van der Waals surface area contributed by atoms with Gasteiger partial charge >= 0.3 is 0 Å². The third-order valence-corrected chi connectivity index (χ3v) is 4.45. The van der Waals surface area contributed by atoms with Crippen LogP contribution in [0.15, 0.2) is 4.99 Å². The molecule has 0 spiro atoms. The van der Waals surface area contributed by atoms with Crippen molar-refractivity contribution in [1.82, 2.24) is 20.9 Å². The molecule has 23 heavy (non-hydrogen) atoms. The SMILES string of the molecule is CCNC(=NCc1sc(C)nc1C)NCCC(=O)NC(C)CC. The van der Waals surface area contributed by atoms with Crippen molar-refractivity contribution in [2.24, 2.45) is 4.99 Å². The molecule has 0 fully saturated rings. The average Bonchev–Trinajstić information content (AvgIpc) is 2.82. The van der Waals surface area contributed by atoms with Crippen LogP contribution in [0.2, 0.25) is 0 Å². The Hall–Kier alpha value is -1.63. The Balaban J connectivity index is 2.46. The summed E-state index contributed by atoms with van der Waals surface area (Å²) in [6.45, 7) is 12.1. The van der Waals surface area contributed by atoms with Crippen molar-refractivity contribution in [2.75, 3.05) is 13.1 Å². The maximum atomic E-state index is 11.8. The molecule has 0 aromatic carbocycles. The highest BCUT2D eigenvalue weighted by Crippen LogP contribution is 2.17. The number of aryl methyl sites for hydroxylation is 2. The van der Waals surface area contributed by atoms with Crippen molar-refractivity contribution in [1.29, 1.82) is 0 Å². The number of nitrogens with one attached hydrogen (secondary N) is 3. The van der Waals surface area contributed by atoms with Gasteiger partial charge in [-0.15, -0.1) is 11.3 Å². The van der Waals surface area contributed by atoms with Gasteiger partial charge in [0.2, 0.25) is 5.91 Å². The molecule has 1 atom stereocenters. The predicted molar refractivity (Wildman–Crippen MR) is 96.9 cm³/mol. The van der Waals surface area contributed by atoms with Crippen molar-refractivity contribution in [3.63, 3.8) is 0 Å². The van der Waals surface area contributed by atoms with E-state index < -0.39 is 0 Å². The molecule has 6 nitrogen and oxygen atoms in total. The Morgan fingerprint density at radius 2 is 2.04 bits per heavy atom. The molecule has 1 heterocycles. The monoisotopic (exact) mass is 339 g/mol. The highest BCUT2D eigenvalue weighted by molar-refractivity contribution is 7.11. The van der Waals surface area contributed by atoms with E-state index in [2.05, 4.69) is 32.9 Å². The Kier molecular flexibility index (Phi) is 8.61. The number of hydrogen-bond acceptors (Lipinski definition) is 4. The number of aromatic nitrogens is 1. The minimum atomic E-state index is 0.0663. The number of rotatable bonds is 8. The summed E-state index contributed by atoms with van der Waals surface area (Å²) >= 11 is 1.67. The van der Waals surface area contributed by atoms with Gasteiger partial charge < -0.3 is 16.0 Å². The second-order valence-electron chi connectivity index (χ2n) is 5.49. The fourth-order valence-electron chi connectivity index (χ4n) is 1.96. The zero-order valence-electron chi connectivity index (χ0n) is 14.8. The maximum Gasteiger partial charge on any atom is 0.221 e. The summed E-state index contributed by atoms with van der Waals surface area (Å²) in [5.74, 6) is 0.797. The molecule has 0 radical (unpaired) electrons. The van der Waals surface area contributed by atoms with Crippen LogP contribution in [0.3, 0.4) is 0 Å². The lowest BCUT2D eigenvalue weighted by molar-refractivity contribution is -0.121. The molecule has 7 heteroatoms. The molecular weight excluding hydrogens is 310 g/mol. The summed E-state index contributed by atoms with van der Waals surface area (Å²) in [6, 6.07) is 0.224. The van der Waals surface area contributed by atoms with E-state index in [4.69, 9.17) is 0 Å². The van der Waals surface area contributed by atoms with Gasteiger partial charge in [0, 0.05) is 30.4 Å². The number of guanidine groups is 1. The van der Waals surface area contributed by atoms with Gasteiger partial charge in [-0.25, -0.2) is 9.98 Å².